The Morgan fingerprint density at radius 2 is 0.973 bits per heavy atom. The Labute approximate surface area is 493 Å². The van der Waals surface area contributed by atoms with Crippen LogP contribution in [0.25, 0.3) is 0 Å². The molecule has 0 aromatic heterocycles. The van der Waals surface area contributed by atoms with Crippen molar-refractivity contribution in [2.75, 3.05) is 75.4 Å². The molecule has 21 nitrogen and oxygen atoms in total. The maximum atomic E-state index is 12.5. The second kappa shape index (κ2) is 33.1. The number of nitrogens with zero attached hydrogens (tertiary/aromatic N) is 2. The number of carboxylic acid groups (broad SMARTS) is 3. The molecule has 2 aromatic rings. The number of β-lactam (4-membered cyclic amide) rings is 2. The van der Waals surface area contributed by atoms with Crippen LogP contribution in [0.2, 0.25) is 0 Å². The van der Waals surface area contributed by atoms with Gasteiger partial charge in [-0.05, 0) is 71.9 Å². The number of fused-ring (bicyclic) bond motifs is 2. The first-order valence-electron chi connectivity index (χ1n) is 24.2. The monoisotopic (exact) mass is 1100 g/mol. The number of ether oxygens (including phenoxy) is 4. The molecule has 0 aliphatic carbocycles. The van der Waals surface area contributed by atoms with Crippen LogP contribution in [0.5, 0.6) is 0 Å². The average molecular weight is 1110 g/mol. The van der Waals surface area contributed by atoms with Crippen LogP contribution in [0, 0.1) is 10.8 Å². The number of carbonyl (C=O) groups excluding carboxylic acids is 7. The number of carboxylic acids is 3. The van der Waals surface area contributed by atoms with Crippen LogP contribution in [-0.4, -0.2) is 163 Å². The van der Waals surface area contributed by atoms with Crippen LogP contribution in [0.3, 0.4) is 0 Å². The molecule has 0 radical (unpaired) electrons. The van der Waals surface area contributed by atoms with Crippen molar-refractivity contribution in [1.82, 2.24) is 20.4 Å². The molecule has 404 valence electrons. The van der Waals surface area contributed by atoms with Crippen LogP contribution >= 0.6 is 25.3 Å². The molecule has 6 rings (SSSR count). The van der Waals surface area contributed by atoms with E-state index in [2.05, 4.69) is 41.2 Å². The minimum absolute atomic E-state index is 0. The minimum atomic E-state index is -1.26. The van der Waals surface area contributed by atoms with Gasteiger partial charge in [0.25, 0.3) is 0 Å². The molecular formula is C50H70N6Na2O15S2. The van der Waals surface area contributed by atoms with E-state index in [4.69, 9.17) is 29.8 Å². The van der Waals surface area contributed by atoms with E-state index in [9.17, 15) is 48.6 Å². The van der Waals surface area contributed by atoms with Crippen molar-refractivity contribution >= 4 is 84.1 Å². The van der Waals surface area contributed by atoms with Crippen LogP contribution in [-0.2, 0) is 70.1 Å². The van der Waals surface area contributed by atoms with Crippen molar-refractivity contribution in [1.29, 1.82) is 0 Å². The molecule has 0 bridgehead atoms. The summed E-state index contributed by atoms with van der Waals surface area (Å²) in [7, 11) is 0. The van der Waals surface area contributed by atoms with Crippen LogP contribution in [0.15, 0.2) is 48.5 Å². The summed E-state index contributed by atoms with van der Waals surface area (Å²) in [6, 6.07) is 10.7. The fourth-order valence-corrected chi connectivity index (χ4v) is 9.46. The number of hydrogen-bond donors (Lipinski definition) is 7. The van der Waals surface area contributed by atoms with Crippen molar-refractivity contribution in [3.63, 3.8) is 0 Å². The van der Waals surface area contributed by atoms with Crippen molar-refractivity contribution in [3.05, 3.63) is 59.7 Å². The second-order valence-electron chi connectivity index (χ2n) is 19.3. The summed E-state index contributed by atoms with van der Waals surface area (Å²) in [5, 5.41) is 39.4. The molecule has 4 heterocycles. The predicted octanol–water partition coefficient (Wildman–Crippen LogP) is -5.97. The van der Waals surface area contributed by atoms with Gasteiger partial charge in [0.2, 0.25) is 29.5 Å². The van der Waals surface area contributed by atoms with Gasteiger partial charge in [-0.1, -0.05) is 52.0 Å². The van der Waals surface area contributed by atoms with Gasteiger partial charge in [0.05, 0.1) is 102 Å². The number of nitrogen functional groups attached to an aromatic ring is 1. The summed E-state index contributed by atoms with van der Waals surface area (Å²) in [6.07, 6.45) is 2.76. The van der Waals surface area contributed by atoms with Crippen LogP contribution in [0.1, 0.15) is 77.3 Å². The Bertz CT molecular complexity index is 2210. The van der Waals surface area contributed by atoms with E-state index in [1.807, 2.05) is 24.3 Å². The van der Waals surface area contributed by atoms with E-state index in [-0.39, 0.29) is 133 Å². The summed E-state index contributed by atoms with van der Waals surface area (Å²) in [5.41, 5.74) is 7.67. The van der Waals surface area contributed by atoms with Gasteiger partial charge in [-0.15, -0.1) is 0 Å². The van der Waals surface area contributed by atoms with E-state index >= 15 is 0 Å². The number of rotatable bonds is 27. The number of aliphatic carboxylic acids is 3. The number of aryl methyl sites for hydroxylation is 2. The third kappa shape index (κ3) is 20.7. The van der Waals surface area contributed by atoms with Gasteiger partial charge < -0.3 is 75.3 Å². The Morgan fingerprint density at radius 1 is 0.600 bits per heavy atom. The first-order chi connectivity index (χ1) is 34.6. The number of amides is 5. The molecule has 2 aromatic carbocycles. The van der Waals surface area contributed by atoms with Gasteiger partial charge in [-0.2, -0.15) is 25.3 Å². The number of nitrogens with one attached hydrogen (secondary N) is 3. The molecule has 6 N–H and O–H groups in total. The maximum Gasteiger partial charge on any atom is 1.00 e. The Kier molecular flexibility index (Phi) is 29.8. The van der Waals surface area contributed by atoms with Gasteiger partial charge in [-0.25, -0.2) is 0 Å². The number of hydrogen-bond acceptors (Lipinski definition) is 17. The zero-order chi connectivity index (χ0) is 53.9. The van der Waals surface area contributed by atoms with Gasteiger partial charge in [-0.3, -0.25) is 28.8 Å². The zero-order valence-corrected chi connectivity index (χ0v) is 49.6. The van der Waals surface area contributed by atoms with Crippen molar-refractivity contribution < 1.29 is 132 Å². The minimum Gasteiger partial charge on any atom is -0.548 e. The fourth-order valence-electron chi connectivity index (χ4n) is 9.21. The van der Waals surface area contributed by atoms with E-state index in [0.717, 1.165) is 11.1 Å². The zero-order valence-electron chi connectivity index (χ0n) is 43.8. The predicted molar refractivity (Wildman–Crippen MR) is 270 cm³/mol. The summed E-state index contributed by atoms with van der Waals surface area (Å²) >= 11 is 7.99. The van der Waals surface area contributed by atoms with E-state index < -0.39 is 52.9 Å². The Morgan fingerprint density at radius 3 is 1.35 bits per heavy atom. The smallest absolute Gasteiger partial charge is 0.548 e. The molecule has 0 saturated carbocycles. The topological polar surface area (TPSA) is 308 Å². The SMILES string of the molecule is CC1(C)C[C@@H]2[C@H](NC(=O)CCc3ccc(N)cc3)C(=O)N2[C@H]1C(=O)[O-].CC1(C)C[C@@H]2[C@H](NC(=O)CCc3ccc(NC(=O)CCOCCOCCS)cc3)C(=O)N2[C@H]1C(=O)[O-].O=C(O)CCOCCOCCS.[Na+].[Na+]. The van der Waals surface area contributed by atoms with Crippen LogP contribution < -0.4 is 91.0 Å². The molecule has 75 heavy (non-hydrogen) atoms. The molecule has 6 atom stereocenters. The summed E-state index contributed by atoms with van der Waals surface area (Å²) in [6.45, 7) is 10.8. The molecule has 0 unspecified atom stereocenters. The molecule has 0 spiro atoms. The number of anilines is 2. The first kappa shape index (κ1) is 67.6. The Hall–Kier alpha value is -3.46. The molecule has 4 saturated heterocycles. The van der Waals surface area contributed by atoms with Crippen molar-refractivity contribution in [3.8, 4) is 0 Å². The molecule has 4 aliphatic heterocycles. The van der Waals surface area contributed by atoms with Gasteiger partial charge in [0.1, 0.15) is 12.1 Å². The third-order valence-corrected chi connectivity index (χ3v) is 13.1. The summed E-state index contributed by atoms with van der Waals surface area (Å²) in [4.78, 5) is 97.0. The Balaban J connectivity index is 0.000000428. The maximum absolute atomic E-state index is 12.5. The number of carbonyl (C=O) groups is 8. The van der Waals surface area contributed by atoms with Crippen molar-refractivity contribution in [2.24, 2.45) is 10.8 Å². The molecule has 25 heteroatoms. The fraction of sp³-hybridized carbons (Fsp3) is 0.600. The van der Waals surface area contributed by atoms with E-state index in [0.29, 0.717) is 94.8 Å². The first-order valence-corrected chi connectivity index (χ1v) is 25.5. The van der Waals surface area contributed by atoms with Crippen LogP contribution in [0.4, 0.5) is 11.4 Å². The quantitative estimate of drug-likeness (QED) is 0.0144. The summed E-state index contributed by atoms with van der Waals surface area (Å²) in [5.74, 6) is -3.36. The molecule has 5 amide bonds. The number of nitrogens with two attached hydrogens (primary N) is 1. The third-order valence-electron chi connectivity index (χ3n) is 12.8. The van der Waals surface area contributed by atoms with Gasteiger partial charge >= 0.3 is 65.1 Å². The van der Waals surface area contributed by atoms with E-state index in [1.54, 1.807) is 52.0 Å². The number of benzene rings is 2. The standard InChI is InChI=1S/C25H35N3O7S.C18H23N3O4.C7H14O4S.2Na/c1-25(2)15-18-21(23(31)28(18)22(25)24(32)33)27-19(29)8-5-16-3-6-17(7-4-16)26-20(30)9-10-34-11-12-35-13-14-36;1-18(2)9-12-14(16(23)21(12)15(18)17(24)25)20-13(22)8-5-10-3-6-11(19)7-4-10;8-7(9)1-2-10-3-4-11-5-6-12;;/h3-4,6-7,18,21-22,36H,5,8-15H2,1-2H3,(H,26,30)(H,27,29)(H,32,33);3-4,6-7,12,14-15H,5,8-9,19H2,1-2H3,(H,20,22)(H,24,25);12H,1-6H2,(H,8,9);;/q;;;2*+1/p-2/t18-,21+,22+;12-,14+,15+;;;/m11.../s1. The summed E-state index contributed by atoms with van der Waals surface area (Å²) < 4.78 is 20.6. The number of thiol groups is 2. The molecule has 4 aliphatic rings. The molecular weight excluding hydrogens is 1030 g/mol. The van der Waals surface area contributed by atoms with Crippen molar-refractivity contribution in [2.45, 2.75) is 115 Å². The van der Waals surface area contributed by atoms with Gasteiger partial charge in [0, 0.05) is 35.7 Å². The normalized spacial score (nSPS) is 21.1. The second-order valence-corrected chi connectivity index (χ2v) is 20.2. The van der Waals surface area contributed by atoms with Gasteiger partial charge in [0.15, 0.2) is 0 Å². The largest absolute Gasteiger partial charge is 1.00 e. The average Bonchev–Trinajstić information content (AvgIpc) is 3.75. The molecule has 4 fully saturated rings. The van der Waals surface area contributed by atoms with E-state index in [1.165, 1.54) is 9.80 Å².